The standard InChI is InChI=1S/C15H24ClN3S/c1-2-18-14(10-20-12-6-4-3-5-7-12)13-8-11(16)9-19-15(13)17/h8-9,12,14,18H,2-7,10H2,1H3,(H2,17,19). The number of anilines is 1. The van der Waals surface area contributed by atoms with Crippen molar-refractivity contribution < 1.29 is 0 Å². The third-order valence-electron chi connectivity index (χ3n) is 3.79. The maximum Gasteiger partial charge on any atom is 0.128 e. The van der Waals surface area contributed by atoms with Crippen molar-refractivity contribution in [2.45, 2.75) is 50.3 Å². The molecule has 0 saturated heterocycles. The Kier molecular flexibility index (Phi) is 6.46. The average molecular weight is 314 g/mol. The summed E-state index contributed by atoms with van der Waals surface area (Å²) in [5.74, 6) is 1.62. The number of hydrogen-bond donors (Lipinski definition) is 2. The van der Waals surface area contributed by atoms with Crippen molar-refractivity contribution in [2.24, 2.45) is 0 Å². The number of pyridine rings is 1. The fourth-order valence-corrected chi connectivity index (χ4v) is 4.31. The highest BCUT2D eigenvalue weighted by Gasteiger charge is 2.19. The van der Waals surface area contributed by atoms with Gasteiger partial charge in [-0.1, -0.05) is 37.8 Å². The summed E-state index contributed by atoms with van der Waals surface area (Å²) in [6.45, 7) is 3.04. The van der Waals surface area contributed by atoms with Crippen molar-refractivity contribution >= 4 is 29.2 Å². The Hall–Kier alpha value is -0.450. The summed E-state index contributed by atoms with van der Waals surface area (Å²) in [6.07, 6.45) is 8.48. The molecule has 1 aromatic heterocycles. The van der Waals surface area contributed by atoms with E-state index in [9.17, 15) is 0 Å². The lowest BCUT2D eigenvalue weighted by molar-refractivity contribution is 0.514. The molecule has 3 nitrogen and oxygen atoms in total. The van der Waals surface area contributed by atoms with Crippen LogP contribution in [0.15, 0.2) is 12.3 Å². The number of thioether (sulfide) groups is 1. The molecule has 1 aliphatic carbocycles. The van der Waals surface area contributed by atoms with E-state index in [2.05, 4.69) is 29.0 Å². The first-order valence-electron chi connectivity index (χ1n) is 7.46. The average Bonchev–Trinajstić information content (AvgIpc) is 2.47. The van der Waals surface area contributed by atoms with E-state index in [1.807, 2.05) is 6.07 Å². The number of nitrogens with one attached hydrogen (secondary N) is 1. The van der Waals surface area contributed by atoms with Gasteiger partial charge in [0.15, 0.2) is 0 Å². The minimum atomic E-state index is 0.234. The van der Waals surface area contributed by atoms with Crippen LogP contribution in [-0.2, 0) is 0 Å². The molecule has 0 bridgehead atoms. The molecule has 1 aromatic rings. The predicted octanol–water partition coefficient (Wildman–Crippen LogP) is 4.03. The van der Waals surface area contributed by atoms with E-state index in [-0.39, 0.29) is 6.04 Å². The van der Waals surface area contributed by atoms with Crippen LogP contribution >= 0.6 is 23.4 Å². The first kappa shape index (κ1) is 15.9. The van der Waals surface area contributed by atoms with Crippen LogP contribution in [0, 0.1) is 0 Å². The quantitative estimate of drug-likeness (QED) is 0.832. The van der Waals surface area contributed by atoms with E-state index in [0.717, 1.165) is 23.1 Å². The largest absolute Gasteiger partial charge is 0.383 e. The molecular formula is C15H24ClN3S. The lowest BCUT2D eigenvalue weighted by Gasteiger charge is -2.25. The van der Waals surface area contributed by atoms with Gasteiger partial charge in [0.25, 0.3) is 0 Å². The van der Waals surface area contributed by atoms with Crippen LogP contribution in [0.25, 0.3) is 0 Å². The van der Waals surface area contributed by atoms with Gasteiger partial charge >= 0.3 is 0 Å². The number of aromatic nitrogens is 1. The van der Waals surface area contributed by atoms with E-state index in [1.54, 1.807) is 6.20 Å². The van der Waals surface area contributed by atoms with Crippen LogP contribution in [0.5, 0.6) is 0 Å². The van der Waals surface area contributed by atoms with Crippen molar-refractivity contribution in [1.29, 1.82) is 0 Å². The second-order valence-electron chi connectivity index (χ2n) is 5.33. The summed E-state index contributed by atoms with van der Waals surface area (Å²) >= 11 is 8.12. The Morgan fingerprint density at radius 2 is 2.20 bits per heavy atom. The van der Waals surface area contributed by atoms with E-state index in [0.29, 0.717) is 10.8 Å². The summed E-state index contributed by atoms with van der Waals surface area (Å²) in [5, 5.41) is 4.96. The monoisotopic (exact) mass is 313 g/mol. The van der Waals surface area contributed by atoms with Crippen LogP contribution in [0.3, 0.4) is 0 Å². The molecule has 0 spiro atoms. The van der Waals surface area contributed by atoms with Gasteiger partial charge in [0, 0.05) is 28.8 Å². The molecule has 0 amide bonds. The van der Waals surface area contributed by atoms with Gasteiger partial charge in [0.2, 0.25) is 0 Å². The Balaban J connectivity index is 2.00. The van der Waals surface area contributed by atoms with Gasteiger partial charge < -0.3 is 11.1 Å². The molecule has 5 heteroatoms. The van der Waals surface area contributed by atoms with E-state index in [4.69, 9.17) is 17.3 Å². The number of nitrogens with two attached hydrogens (primary N) is 1. The number of halogens is 1. The Morgan fingerprint density at radius 3 is 2.90 bits per heavy atom. The van der Waals surface area contributed by atoms with Crippen molar-refractivity contribution in [2.75, 3.05) is 18.0 Å². The number of nitrogens with zero attached hydrogens (tertiary/aromatic N) is 1. The minimum Gasteiger partial charge on any atom is -0.383 e. The number of hydrogen-bond acceptors (Lipinski definition) is 4. The summed E-state index contributed by atoms with van der Waals surface area (Å²) in [5.41, 5.74) is 7.04. The third kappa shape index (κ3) is 4.54. The van der Waals surface area contributed by atoms with E-state index < -0.39 is 0 Å². The molecule has 0 aromatic carbocycles. The van der Waals surface area contributed by atoms with Gasteiger partial charge in [-0.05, 0) is 25.5 Å². The summed E-state index contributed by atoms with van der Waals surface area (Å²) in [4.78, 5) is 4.17. The number of rotatable bonds is 6. The molecular weight excluding hydrogens is 290 g/mol. The smallest absolute Gasteiger partial charge is 0.128 e. The highest BCUT2D eigenvalue weighted by molar-refractivity contribution is 7.99. The van der Waals surface area contributed by atoms with Crippen LogP contribution in [0.2, 0.25) is 5.02 Å². The summed E-state index contributed by atoms with van der Waals surface area (Å²) in [6, 6.07) is 2.18. The first-order valence-corrected chi connectivity index (χ1v) is 8.89. The van der Waals surface area contributed by atoms with Crippen molar-refractivity contribution in [3.63, 3.8) is 0 Å². The van der Waals surface area contributed by atoms with Gasteiger partial charge in [0.1, 0.15) is 5.82 Å². The lowest BCUT2D eigenvalue weighted by Crippen LogP contribution is -2.25. The SMILES string of the molecule is CCNC(CSC1CCCCC1)c1cc(Cl)cnc1N. The molecule has 3 N–H and O–H groups in total. The Morgan fingerprint density at radius 1 is 1.45 bits per heavy atom. The molecule has 1 aliphatic rings. The summed E-state index contributed by atoms with van der Waals surface area (Å²) in [7, 11) is 0. The van der Waals surface area contributed by atoms with Crippen LogP contribution in [0.4, 0.5) is 5.82 Å². The van der Waals surface area contributed by atoms with Crippen LogP contribution in [-0.4, -0.2) is 22.5 Å². The molecule has 1 fully saturated rings. The van der Waals surface area contributed by atoms with Gasteiger partial charge in [-0.2, -0.15) is 11.8 Å². The molecule has 112 valence electrons. The van der Waals surface area contributed by atoms with Crippen LogP contribution in [0.1, 0.15) is 50.6 Å². The summed E-state index contributed by atoms with van der Waals surface area (Å²) < 4.78 is 0. The molecule has 1 saturated carbocycles. The van der Waals surface area contributed by atoms with Crippen molar-refractivity contribution in [1.82, 2.24) is 10.3 Å². The van der Waals surface area contributed by atoms with E-state index in [1.165, 1.54) is 32.1 Å². The van der Waals surface area contributed by atoms with Crippen molar-refractivity contribution in [3.05, 3.63) is 22.8 Å². The Labute approximate surface area is 131 Å². The second-order valence-corrected chi connectivity index (χ2v) is 7.10. The highest BCUT2D eigenvalue weighted by atomic mass is 35.5. The molecule has 1 heterocycles. The van der Waals surface area contributed by atoms with Crippen LogP contribution < -0.4 is 11.1 Å². The topological polar surface area (TPSA) is 50.9 Å². The molecule has 1 atom stereocenters. The maximum atomic E-state index is 6.06. The second kappa shape index (κ2) is 8.11. The Bertz CT molecular complexity index is 422. The third-order valence-corrected chi connectivity index (χ3v) is 5.47. The number of nitrogen functional groups attached to an aromatic ring is 1. The lowest BCUT2D eigenvalue weighted by atomic mass is 10.0. The molecule has 1 unspecified atom stereocenters. The zero-order chi connectivity index (χ0) is 14.4. The minimum absolute atomic E-state index is 0.234. The molecule has 0 aliphatic heterocycles. The van der Waals surface area contributed by atoms with Gasteiger partial charge in [0.05, 0.1) is 5.02 Å². The molecule has 2 rings (SSSR count). The van der Waals surface area contributed by atoms with Crippen molar-refractivity contribution in [3.8, 4) is 0 Å². The molecule has 0 radical (unpaired) electrons. The zero-order valence-corrected chi connectivity index (χ0v) is 13.6. The zero-order valence-electron chi connectivity index (χ0n) is 12.1. The fourth-order valence-electron chi connectivity index (χ4n) is 2.71. The fraction of sp³-hybridized carbons (Fsp3) is 0.667. The maximum absolute atomic E-state index is 6.06. The molecule has 20 heavy (non-hydrogen) atoms. The highest BCUT2D eigenvalue weighted by Crippen LogP contribution is 2.32. The van der Waals surface area contributed by atoms with Gasteiger partial charge in [-0.25, -0.2) is 4.98 Å². The normalized spacial score (nSPS) is 18.1. The predicted molar refractivity (Wildman–Crippen MR) is 89.4 cm³/mol. The first-order chi connectivity index (χ1) is 9.70. The van der Waals surface area contributed by atoms with Gasteiger partial charge in [-0.15, -0.1) is 0 Å². The van der Waals surface area contributed by atoms with Gasteiger partial charge in [-0.3, -0.25) is 0 Å². The van der Waals surface area contributed by atoms with E-state index >= 15 is 0 Å².